The molecule has 0 radical (unpaired) electrons. The van der Waals surface area contributed by atoms with E-state index < -0.39 is 6.10 Å². The van der Waals surface area contributed by atoms with Gasteiger partial charge in [0.1, 0.15) is 31.5 Å². The standard InChI is InChI=1S/C21H21NO3S/c23-18(13-22-14-20-7-4-12-26-20)15-25-19-10-8-17(9-11-19)21(24)16-5-2-1-3-6-16/h1-12,18,22-23H,13-15H2/p+1/t18-/m0/s1. The van der Waals surface area contributed by atoms with Gasteiger partial charge in [-0.05, 0) is 35.7 Å². The summed E-state index contributed by atoms with van der Waals surface area (Å²) in [7, 11) is 0. The molecule has 5 heteroatoms. The number of thiophene rings is 1. The molecule has 0 aliphatic rings. The first-order valence-corrected chi connectivity index (χ1v) is 9.45. The van der Waals surface area contributed by atoms with E-state index in [4.69, 9.17) is 4.74 Å². The summed E-state index contributed by atoms with van der Waals surface area (Å²) in [6, 6.07) is 20.3. The van der Waals surface area contributed by atoms with Gasteiger partial charge < -0.3 is 15.2 Å². The van der Waals surface area contributed by atoms with Crippen molar-refractivity contribution < 1.29 is 20.0 Å². The number of ketones is 1. The van der Waals surface area contributed by atoms with Crippen LogP contribution in [0.25, 0.3) is 0 Å². The van der Waals surface area contributed by atoms with Crippen molar-refractivity contribution >= 4 is 17.1 Å². The van der Waals surface area contributed by atoms with Gasteiger partial charge >= 0.3 is 0 Å². The third-order valence-electron chi connectivity index (χ3n) is 3.96. The lowest BCUT2D eigenvalue weighted by Gasteiger charge is -2.11. The molecule has 3 rings (SSSR count). The minimum Gasteiger partial charge on any atom is -0.491 e. The van der Waals surface area contributed by atoms with Crippen LogP contribution in [0.4, 0.5) is 0 Å². The normalized spacial score (nSPS) is 11.9. The summed E-state index contributed by atoms with van der Waals surface area (Å²) in [6.45, 7) is 1.68. The molecule has 134 valence electrons. The van der Waals surface area contributed by atoms with Crippen molar-refractivity contribution in [3.8, 4) is 5.75 Å². The van der Waals surface area contributed by atoms with Crippen LogP contribution in [0.3, 0.4) is 0 Å². The maximum atomic E-state index is 12.4. The van der Waals surface area contributed by atoms with E-state index in [0.717, 1.165) is 6.54 Å². The maximum absolute atomic E-state index is 12.4. The fourth-order valence-corrected chi connectivity index (χ4v) is 3.27. The first-order chi connectivity index (χ1) is 12.7. The molecule has 0 aliphatic heterocycles. The van der Waals surface area contributed by atoms with Gasteiger partial charge in [0.15, 0.2) is 5.78 Å². The molecular formula is C21H22NO3S+. The number of carbonyl (C=O) groups is 1. The van der Waals surface area contributed by atoms with Gasteiger partial charge in [-0.2, -0.15) is 0 Å². The zero-order valence-electron chi connectivity index (χ0n) is 14.4. The Morgan fingerprint density at radius 2 is 1.73 bits per heavy atom. The zero-order valence-corrected chi connectivity index (χ0v) is 15.2. The highest BCUT2D eigenvalue weighted by Crippen LogP contribution is 2.15. The molecule has 1 heterocycles. The van der Waals surface area contributed by atoms with Gasteiger partial charge in [-0.3, -0.25) is 4.79 Å². The van der Waals surface area contributed by atoms with Crippen LogP contribution in [-0.4, -0.2) is 30.1 Å². The highest BCUT2D eigenvalue weighted by atomic mass is 32.1. The average molecular weight is 368 g/mol. The Morgan fingerprint density at radius 1 is 1.00 bits per heavy atom. The summed E-state index contributed by atoms with van der Waals surface area (Å²) < 4.78 is 5.62. The Balaban J connectivity index is 1.44. The Kier molecular flexibility index (Phi) is 6.55. The Morgan fingerprint density at radius 3 is 2.42 bits per heavy atom. The summed E-state index contributed by atoms with van der Waals surface area (Å²) in [5.74, 6) is 0.632. The monoisotopic (exact) mass is 368 g/mol. The van der Waals surface area contributed by atoms with E-state index in [9.17, 15) is 9.90 Å². The van der Waals surface area contributed by atoms with Crippen molar-refractivity contribution in [1.82, 2.24) is 0 Å². The molecule has 3 aromatic rings. The summed E-state index contributed by atoms with van der Waals surface area (Å²) in [5.41, 5.74) is 1.28. The summed E-state index contributed by atoms with van der Waals surface area (Å²) >= 11 is 1.72. The van der Waals surface area contributed by atoms with Crippen LogP contribution in [-0.2, 0) is 6.54 Å². The van der Waals surface area contributed by atoms with E-state index in [1.807, 2.05) is 24.3 Å². The topological polar surface area (TPSA) is 63.1 Å². The number of nitrogens with two attached hydrogens (primary N) is 1. The highest BCUT2D eigenvalue weighted by Gasteiger charge is 2.10. The lowest BCUT2D eigenvalue weighted by Crippen LogP contribution is -2.85. The fourth-order valence-electron chi connectivity index (χ4n) is 2.57. The lowest BCUT2D eigenvalue weighted by atomic mass is 10.0. The number of quaternary nitrogens is 1. The van der Waals surface area contributed by atoms with Gasteiger partial charge in [-0.1, -0.05) is 36.4 Å². The molecule has 0 aliphatic carbocycles. The molecule has 1 aromatic heterocycles. The molecule has 0 saturated heterocycles. The van der Waals surface area contributed by atoms with Crippen LogP contribution in [0.1, 0.15) is 20.8 Å². The number of hydrogen-bond donors (Lipinski definition) is 2. The molecule has 2 aromatic carbocycles. The zero-order chi connectivity index (χ0) is 18.2. The van der Waals surface area contributed by atoms with Crippen molar-refractivity contribution in [2.45, 2.75) is 12.6 Å². The van der Waals surface area contributed by atoms with Gasteiger partial charge in [0, 0.05) is 11.1 Å². The van der Waals surface area contributed by atoms with Gasteiger partial charge in [0.05, 0.1) is 4.88 Å². The van der Waals surface area contributed by atoms with Crippen LogP contribution >= 0.6 is 11.3 Å². The van der Waals surface area contributed by atoms with Crippen LogP contribution < -0.4 is 10.1 Å². The van der Waals surface area contributed by atoms with Crippen LogP contribution in [0.15, 0.2) is 72.1 Å². The second kappa shape index (κ2) is 9.29. The minimum absolute atomic E-state index is 0.0136. The van der Waals surface area contributed by atoms with E-state index in [1.54, 1.807) is 47.7 Å². The third-order valence-corrected chi connectivity index (χ3v) is 4.86. The van der Waals surface area contributed by atoms with E-state index in [2.05, 4.69) is 16.8 Å². The summed E-state index contributed by atoms with van der Waals surface area (Å²) in [6.07, 6.45) is -0.541. The third kappa shape index (κ3) is 5.26. The van der Waals surface area contributed by atoms with Crippen molar-refractivity contribution in [2.75, 3.05) is 13.2 Å². The molecule has 0 saturated carbocycles. The smallest absolute Gasteiger partial charge is 0.193 e. The van der Waals surface area contributed by atoms with E-state index in [1.165, 1.54) is 4.88 Å². The minimum atomic E-state index is -0.541. The van der Waals surface area contributed by atoms with Crippen LogP contribution in [0.2, 0.25) is 0 Å². The Bertz CT molecular complexity index is 801. The second-order valence-corrected chi connectivity index (χ2v) is 7.02. The fraction of sp³-hybridized carbons (Fsp3) is 0.190. The van der Waals surface area contributed by atoms with Crippen molar-refractivity contribution in [2.24, 2.45) is 0 Å². The molecule has 0 fully saturated rings. The molecule has 1 atom stereocenters. The average Bonchev–Trinajstić information content (AvgIpc) is 3.20. The lowest BCUT2D eigenvalue weighted by molar-refractivity contribution is -0.676. The Hall–Kier alpha value is -2.47. The largest absolute Gasteiger partial charge is 0.491 e. The quantitative estimate of drug-likeness (QED) is 0.571. The molecule has 26 heavy (non-hydrogen) atoms. The van der Waals surface area contributed by atoms with Crippen molar-refractivity contribution in [1.29, 1.82) is 0 Å². The van der Waals surface area contributed by atoms with E-state index >= 15 is 0 Å². The summed E-state index contributed by atoms with van der Waals surface area (Å²) in [5, 5.41) is 14.1. The summed E-state index contributed by atoms with van der Waals surface area (Å²) in [4.78, 5) is 13.6. The number of hydrogen-bond acceptors (Lipinski definition) is 4. The molecule has 4 nitrogen and oxygen atoms in total. The first kappa shape index (κ1) is 18.3. The highest BCUT2D eigenvalue weighted by molar-refractivity contribution is 7.09. The molecule has 0 bridgehead atoms. The maximum Gasteiger partial charge on any atom is 0.193 e. The number of benzene rings is 2. The Labute approximate surface area is 157 Å². The van der Waals surface area contributed by atoms with Gasteiger partial charge in [0.25, 0.3) is 0 Å². The van der Waals surface area contributed by atoms with Crippen LogP contribution in [0, 0.1) is 0 Å². The van der Waals surface area contributed by atoms with Crippen molar-refractivity contribution in [3.05, 3.63) is 88.1 Å². The van der Waals surface area contributed by atoms with Crippen LogP contribution in [0.5, 0.6) is 5.75 Å². The molecule has 0 amide bonds. The SMILES string of the molecule is O=C(c1ccccc1)c1ccc(OC[C@@H](O)C[NH2+]Cc2cccs2)cc1. The first-order valence-electron chi connectivity index (χ1n) is 8.57. The van der Waals surface area contributed by atoms with Gasteiger partial charge in [-0.25, -0.2) is 0 Å². The van der Waals surface area contributed by atoms with E-state index in [-0.39, 0.29) is 12.4 Å². The van der Waals surface area contributed by atoms with Crippen molar-refractivity contribution in [3.63, 3.8) is 0 Å². The van der Waals surface area contributed by atoms with Gasteiger partial charge in [0.2, 0.25) is 0 Å². The predicted octanol–water partition coefficient (Wildman–Crippen LogP) is 2.48. The second-order valence-electron chi connectivity index (χ2n) is 5.99. The molecular weight excluding hydrogens is 346 g/mol. The number of aliphatic hydroxyl groups is 1. The molecule has 0 unspecified atom stereocenters. The molecule has 0 spiro atoms. The molecule has 3 N–H and O–H groups in total. The number of ether oxygens (including phenoxy) is 1. The van der Waals surface area contributed by atoms with Gasteiger partial charge in [-0.15, -0.1) is 11.3 Å². The van der Waals surface area contributed by atoms with E-state index in [0.29, 0.717) is 23.4 Å². The number of rotatable bonds is 9. The number of carbonyl (C=O) groups excluding carboxylic acids is 1. The predicted molar refractivity (Wildman–Crippen MR) is 103 cm³/mol. The number of aliphatic hydroxyl groups excluding tert-OH is 1.